The van der Waals surface area contributed by atoms with Crippen molar-refractivity contribution in [3.8, 4) is 5.75 Å². The molecule has 0 aromatic heterocycles. The fourth-order valence-electron chi connectivity index (χ4n) is 2.83. The number of hydrogen-bond donors (Lipinski definition) is 1. The number of amides is 1. The van der Waals surface area contributed by atoms with Gasteiger partial charge in [-0.2, -0.15) is 0 Å². The molecule has 1 aromatic rings. The number of aromatic hydroxyl groups is 1. The summed E-state index contributed by atoms with van der Waals surface area (Å²) < 4.78 is 4.70. The minimum atomic E-state index is -0.410. The standard InChI is InChI=1S/C16H21NO4/c1-11-9-13(18)7-8-14(11)16(20)17(10-15(19)21-2)12-5-3-4-6-12/h7-9,12,18H,3-6,10H2,1-2H3. The first-order valence-electron chi connectivity index (χ1n) is 7.20. The van der Waals surface area contributed by atoms with E-state index in [9.17, 15) is 14.7 Å². The van der Waals surface area contributed by atoms with Crippen LogP contribution in [0.3, 0.4) is 0 Å². The lowest BCUT2D eigenvalue weighted by Crippen LogP contribution is -2.42. The molecule has 1 fully saturated rings. The van der Waals surface area contributed by atoms with E-state index < -0.39 is 5.97 Å². The van der Waals surface area contributed by atoms with Gasteiger partial charge in [0.25, 0.3) is 5.91 Å². The molecule has 1 aromatic carbocycles. The average Bonchev–Trinajstić information content (AvgIpc) is 2.97. The smallest absolute Gasteiger partial charge is 0.325 e. The minimum absolute atomic E-state index is 0.0275. The van der Waals surface area contributed by atoms with Crippen molar-refractivity contribution in [2.45, 2.75) is 38.6 Å². The molecule has 2 rings (SSSR count). The first-order valence-corrected chi connectivity index (χ1v) is 7.20. The molecule has 5 nitrogen and oxygen atoms in total. The first kappa shape index (κ1) is 15.4. The van der Waals surface area contributed by atoms with Crippen LogP contribution in [0.2, 0.25) is 0 Å². The molecule has 21 heavy (non-hydrogen) atoms. The molecule has 1 N–H and O–H groups in total. The number of phenolic OH excluding ortho intramolecular Hbond substituents is 1. The largest absolute Gasteiger partial charge is 0.508 e. The Morgan fingerprint density at radius 2 is 2.00 bits per heavy atom. The number of carbonyl (C=O) groups is 2. The number of phenols is 1. The zero-order valence-corrected chi connectivity index (χ0v) is 12.5. The maximum atomic E-state index is 12.8. The third-order valence-corrected chi connectivity index (χ3v) is 3.99. The second-order valence-electron chi connectivity index (χ2n) is 5.45. The van der Waals surface area contributed by atoms with Gasteiger partial charge in [0, 0.05) is 11.6 Å². The molecule has 0 unspecified atom stereocenters. The number of nitrogens with zero attached hydrogens (tertiary/aromatic N) is 1. The van der Waals surface area contributed by atoms with Crippen LogP contribution in [0.4, 0.5) is 0 Å². The topological polar surface area (TPSA) is 66.8 Å². The van der Waals surface area contributed by atoms with Crippen LogP contribution >= 0.6 is 0 Å². The summed E-state index contributed by atoms with van der Waals surface area (Å²) in [5, 5.41) is 9.45. The highest BCUT2D eigenvalue weighted by atomic mass is 16.5. The Morgan fingerprint density at radius 1 is 1.33 bits per heavy atom. The molecule has 0 radical (unpaired) electrons. The third kappa shape index (κ3) is 3.54. The Bertz CT molecular complexity index is 535. The van der Waals surface area contributed by atoms with Crippen molar-refractivity contribution in [2.24, 2.45) is 0 Å². The van der Waals surface area contributed by atoms with Crippen LogP contribution in [0.5, 0.6) is 5.75 Å². The van der Waals surface area contributed by atoms with E-state index in [1.165, 1.54) is 13.2 Å². The van der Waals surface area contributed by atoms with Crippen molar-refractivity contribution < 1.29 is 19.4 Å². The number of esters is 1. The van der Waals surface area contributed by atoms with Crippen LogP contribution in [0, 0.1) is 6.92 Å². The summed E-state index contributed by atoms with van der Waals surface area (Å²) in [6.07, 6.45) is 3.98. The fourth-order valence-corrected chi connectivity index (χ4v) is 2.83. The monoisotopic (exact) mass is 291 g/mol. The van der Waals surface area contributed by atoms with Gasteiger partial charge in [-0.1, -0.05) is 12.8 Å². The minimum Gasteiger partial charge on any atom is -0.508 e. The Labute approximate surface area is 124 Å². The van der Waals surface area contributed by atoms with Crippen LogP contribution in [-0.2, 0) is 9.53 Å². The van der Waals surface area contributed by atoms with E-state index in [0.29, 0.717) is 11.1 Å². The molecule has 0 heterocycles. The van der Waals surface area contributed by atoms with E-state index in [2.05, 4.69) is 0 Å². The van der Waals surface area contributed by atoms with E-state index in [1.54, 1.807) is 24.0 Å². The summed E-state index contributed by atoms with van der Waals surface area (Å²) in [4.78, 5) is 26.0. The Hall–Kier alpha value is -2.04. The predicted molar refractivity (Wildman–Crippen MR) is 78.2 cm³/mol. The molecule has 1 aliphatic rings. The molecule has 1 saturated carbocycles. The van der Waals surface area contributed by atoms with Gasteiger partial charge < -0.3 is 14.7 Å². The number of ether oxygens (including phenoxy) is 1. The van der Waals surface area contributed by atoms with Gasteiger partial charge in [0.15, 0.2) is 0 Å². The van der Waals surface area contributed by atoms with Crippen molar-refractivity contribution in [3.63, 3.8) is 0 Å². The Kier molecular flexibility index (Phi) is 4.83. The Morgan fingerprint density at radius 3 is 2.57 bits per heavy atom. The molecule has 114 valence electrons. The lowest BCUT2D eigenvalue weighted by Gasteiger charge is -2.28. The Balaban J connectivity index is 2.26. The fraction of sp³-hybridized carbons (Fsp3) is 0.500. The lowest BCUT2D eigenvalue weighted by molar-refractivity contribution is -0.141. The SMILES string of the molecule is COC(=O)CN(C(=O)c1ccc(O)cc1C)C1CCCC1. The molecule has 0 aliphatic heterocycles. The molecule has 1 aliphatic carbocycles. The normalized spacial score (nSPS) is 15.0. The second kappa shape index (κ2) is 6.61. The number of methoxy groups -OCH3 is 1. The molecule has 0 bridgehead atoms. The van der Waals surface area contributed by atoms with Crippen molar-refractivity contribution in [2.75, 3.05) is 13.7 Å². The summed E-state index contributed by atoms with van der Waals surface area (Å²) >= 11 is 0. The maximum Gasteiger partial charge on any atom is 0.325 e. The van der Waals surface area contributed by atoms with Crippen LogP contribution in [-0.4, -0.2) is 41.6 Å². The zero-order valence-electron chi connectivity index (χ0n) is 12.5. The first-order chi connectivity index (χ1) is 10.0. The molecular formula is C16H21NO4. The number of rotatable bonds is 4. The van der Waals surface area contributed by atoms with Crippen molar-refractivity contribution in [1.29, 1.82) is 0 Å². The van der Waals surface area contributed by atoms with Crippen LogP contribution < -0.4 is 0 Å². The van der Waals surface area contributed by atoms with E-state index in [4.69, 9.17) is 4.74 Å². The van der Waals surface area contributed by atoms with Gasteiger partial charge in [-0.3, -0.25) is 9.59 Å². The highest BCUT2D eigenvalue weighted by Crippen LogP contribution is 2.26. The highest BCUT2D eigenvalue weighted by Gasteiger charge is 2.30. The number of hydrogen-bond acceptors (Lipinski definition) is 4. The number of benzene rings is 1. The van der Waals surface area contributed by atoms with Crippen LogP contribution in [0.25, 0.3) is 0 Å². The molecule has 0 spiro atoms. The number of carbonyl (C=O) groups excluding carboxylic acids is 2. The van der Waals surface area contributed by atoms with Gasteiger partial charge in [-0.15, -0.1) is 0 Å². The van der Waals surface area contributed by atoms with Gasteiger partial charge in [0.05, 0.1) is 7.11 Å². The van der Waals surface area contributed by atoms with Crippen molar-refractivity contribution in [3.05, 3.63) is 29.3 Å². The predicted octanol–water partition coefficient (Wildman–Crippen LogP) is 2.26. The van der Waals surface area contributed by atoms with E-state index in [0.717, 1.165) is 25.7 Å². The van der Waals surface area contributed by atoms with E-state index >= 15 is 0 Å². The summed E-state index contributed by atoms with van der Waals surface area (Å²) in [6.45, 7) is 1.75. The maximum absolute atomic E-state index is 12.8. The quantitative estimate of drug-likeness (QED) is 0.864. The summed E-state index contributed by atoms with van der Waals surface area (Å²) in [5.74, 6) is -0.457. The molecule has 0 atom stereocenters. The number of aryl methyl sites for hydroxylation is 1. The highest BCUT2D eigenvalue weighted by molar-refractivity contribution is 5.97. The van der Waals surface area contributed by atoms with E-state index in [-0.39, 0.29) is 24.2 Å². The van der Waals surface area contributed by atoms with Gasteiger partial charge in [-0.05, 0) is 43.5 Å². The van der Waals surface area contributed by atoms with Gasteiger partial charge in [0.2, 0.25) is 0 Å². The lowest BCUT2D eigenvalue weighted by atomic mass is 10.1. The van der Waals surface area contributed by atoms with Gasteiger partial charge in [-0.25, -0.2) is 0 Å². The van der Waals surface area contributed by atoms with Gasteiger partial charge >= 0.3 is 5.97 Å². The summed E-state index contributed by atoms with van der Waals surface area (Å²) in [7, 11) is 1.32. The zero-order chi connectivity index (χ0) is 15.4. The van der Waals surface area contributed by atoms with Crippen LogP contribution in [0.1, 0.15) is 41.6 Å². The van der Waals surface area contributed by atoms with E-state index in [1.807, 2.05) is 0 Å². The second-order valence-corrected chi connectivity index (χ2v) is 5.45. The summed E-state index contributed by atoms with van der Waals surface area (Å²) in [5.41, 5.74) is 1.22. The van der Waals surface area contributed by atoms with Crippen molar-refractivity contribution >= 4 is 11.9 Å². The average molecular weight is 291 g/mol. The molecular weight excluding hydrogens is 270 g/mol. The van der Waals surface area contributed by atoms with Gasteiger partial charge in [0.1, 0.15) is 12.3 Å². The molecule has 5 heteroatoms. The molecule has 0 saturated heterocycles. The molecule has 1 amide bonds. The summed E-state index contributed by atoms with van der Waals surface area (Å²) in [6, 6.07) is 4.74. The third-order valence-electron chi connectivity index (χ3n) is 3.99. The van der Waals surface area contributed by atoms with Crippen molar-refractivity contribution in [1.82, 2.24) is 4.90 Å². The van der Waals surface area contributed by atoms with Crippen LogP contribution in [0.15, 0.2) is 18.2 Å².